The Hall–Kier alpha value is -2.20. The van der Waals surface area contributed by atoms with Gasteiger partial charge in [-0.05, 0) is 31.2 Å². The fourth-order valence-electron chi connectivity index (χ4n) is 3.22. The zero-order valence-electron chi connectivity index (χ0n) is 13.5. The lowest BCUT2D eigenvalue weighted by atomic mass is 10.0. The molecule has 1 amide bonds. The van der Waals surface area contributed by atoms with Gasteiger partial charge in [-0.1, -0.05) is 18.3 Å². The molecular formula is C17H19N5OS. The zero-order chi connectivity index (χ0) is 16.7. The predicted octanol–water partition coefficient (Wildman–Crippen LogP) is 3.03. The van der Waals surface area contributed by atoms with Crippen LogP contribution in [0.25, 0.3) is 10.2 Å². The van der Waals surface area contributed by atoms with Crippen LogP contribution < -0.4 is 10.2 Å². The van der Waals surface area contributed by atoms with Gasteiger partial charge >= 0.3 is 0 Å². The average Bonchev–Trinajstić information content (AvgIpc) is 3.17. The first kappa shape index (κ1) is 15.3. The molecule has 3 heterocycles. The van der Waals surface area contributed by atoms with E-state index in [0.29, 0.717) is 11.7 Å². The number of carbonyl (C=O) groups excluding carboxylic acids is 1. The fourth-order valence-corrected chi connectivity index (χ4v) is 4.26. The third kappa shape index (κ3) is 2.82. The van der Waals surface area contributed by atoms with E-state index in [2.05, 4.69) is 28.2 Å². The van der Waals surface area contributed by atoms with Crippen LogP contribution in [0.1, 0.15) is 26.2 Å². The molecule has 1 saturated heterocycles. The zero-order valence-corrected chi connectivity index (χ0v) is 14.3. The Morgan fingerprint density at radius 2 is 2.38 bits per heavy atom. The second-order valence-electron chi connectivity index (χ2n) is 6.73. The Labute approximate surface area is 144 Å². The number of anilines is 2. The molecule has 24 heavy (non-hydrogen) atoms. The van der Waals surface area contributed by atoms with Crippen molar-refractivity contribution in [3.63, 3.8) is 0 Å². The predicted molar refractivity (Wildman–Crippen MR) is 93.9 cm³/mol. The highest BCUT2D eigenvalue weighted by Crippen LogP contribution is 2.39. The van der Waals surface area contributed by atoms with Crippen molar-refractivity contribution in [2.24, 2.45) is 17.8 Å². The molecule has 1 saturated carbocycles. The van der Waals surface area contributed by atoms with Crippen LogP contribution >= 0.6 is 11.3 Å². The van der Waals surface area contributed by atoms with Crippen molar-refractivity contribution < 1.29 is 4.79 Å². The molecule has 1 N–H and O–H groups in total. The van der Waals surface area contributed by atoms with Crippen molar-refractivity contribution in [2.75, 3.05) is 23.3 Å². The Morgan fingerprint density at radius 1 is 1.54 bits per heavy atom. The van der Waals surface area contributed by atoms with Crippen LogP contribution in [0.4, 0.5) is 10.9 Å². The third-order valence-electron chi connectivity index (χ3n) is 4.86. The van der Waals surface area contributed by atoms with E-state index in [-0.39, 0.29) is 17.7 Å². The maximum Gasteiger partial charge on any atom is 0.228 e. The lowest BCUT2D eigenvalue weighted by molar-refractivity contribution is -0.117. The molecule has 0 bridgehead atoms. The minimum atomic E-state index is 0.0555. The van der Waals surface area contributed by atoms with E-state index in [4.69, 9.17) is 10.2 Å². The summed E-state index contributed by atoms with van der Waals surface area (Å²) in [6, 6.07) is 4.24. The van der Waals surface area contributed by atoms with Gasteiger partial charge in [0.05, 0.1) is 22.2 Å². The fraction of sp³-hybridized carbons (Fsp3) is 0.529. The summed E-state index contributed by atoms with van der Waals surface area (Å²) in [6.45, 7) is 3.74. The number of nitrogens with one attached hydrogen (secondary N) is 1. The number of amides is 1. The monoisotopic (exact) mass is 341 g/mol. The molecule has 4 rings (SSSR count). The van der Waals surface area contributed by atoms with Crippen molar-refractivity contribution in [1.29, 1.82) is 5.26 Å². The topological polar surface area (TPSA) is 81.9 Å². The standard InChI is InChI=1S/C17H19N5OS/c1-10-7-12(10)16(23)21-15-14-13(4-5-19-15)20-17(24-14)22-6-2-3-11(8-18)9-22/h4-5,10-12H,2-3,6-7,9H2,1H3,(H,19,21,23)/t10-,11+,12-/m0/s1. The maximum absolute atomic E-state index is 12.2. The smallest absolute Gasteiger partial charge is 0.228 e. The minimum Gasteiger partial charge on any atom is -0.347 e. The molecule has 124 valence electrons. The largest absolute Gasteiger partial charge is 0.347 e. The molecule has 1 aliphatic carbocycles. The van der Waals surface area contributed by atoms with Crippen LogP contribution in [-0.2, 0) is 4.79 Å². The highest BCUT2D eigenvalue weighted by Gasteiger charge is 2.39. The van der Waals surface area contributed by atoms with Gasteiger partial charge in [-0.3, -0.25) is 4.79 Å². The van der Waals surface area contributed by atoms with Gasteiger partial charge < -0.3 is 10.2 Å². The number of nitriles is 1. The van der Waals surface area contributed by atoms with Gasteiger partial charge in [0, 0.05) is 25.2 Å². The van der Waals surface area contributed by atoms with Crippen LogP contribution in [0.5, 0.6) is 0 Å². The Morgan fingerprint density at radius 3 is 3.12 bits per heavy atom. The van der Waals surface area contributed by atoms with Crippen molar-refractivity contribution in [1.82, 2.24) is 9.97 Å². The lowest BCUT2D eigenvalue weighted by Gasteiger charge is -2.28. The second-order valence-corrected chi connectivity index (χ2v) is 7.70. The molecule has 7 heteroatoms. The Balaban J connectivity index is 1.60. The minimum absolute atomic E-state index is 0.0555. The van der Waals surface area contributed by atoms with E-state index in [1.807, 2.05) is 6.07 Å². The summed E-state index contributed by atoms with van der Waals surface area (Å²) in [5, 5.41) is 13.0. The number of nitrogens with zero attached hydrogens (tertiary/aromatic N) is 4. The van der Waals surface area contributed by atoms with Gasteiger partial charge in [-0.15, -0.1) is 0 Å². The Kier molecular flexibility index (Phi) is 3.85. The lowest BCUT2D eigenvalue weighted by Crippen LogP contribution is -2.34. The number of hydrogen-bond acceptors (Lipinski definition) is 6. The summed E-state index contributed by atoms with van der Waals surface area (Å²) in [5.74, 6) is 1.32. The molecule has 0 aromatic carbocycles. The molecule has 2 aromatic rings. The van der Waals surface area contributed by atoms with Crippen molar-refractivity contribution in [3.05, 3.63) is 12.3 Å². The highest BCUT2D eigenvalue weighted by molar-refractivity contribution is 7.22. The summed E-state index contributed by atoms with van der Waals surface area (Å²) < 4.78 is 0.910. The van der Waals surface area contributed by atoms with Gasteiger partial charge in [-0.25, -0.2) is 9.97 Å². The van der Waals surface area contributed by atoms with E-state index in [1.165, 1.54) is 0 Å². The van der Waals surface area contributed by atoms with Crippen LogP contribution in [0.2, 0.25) is 0 Å². The molecule has 1 aliphatic heterocycles. The number of rotatable bonds is 3. The van der Waals surface area contributed by atoms with E-state index in [0.717, 1.165) is 47.7 Å². The molecule has 0 spiro atoms. The quantitative estimate of drug-likeness (QED) is 0.928. The first-order chi connectivity index (χ1) is 11.7. The van der Waals surface area contributed by atoms with Gasteiger partial charge in [0.15, 0.2) is 10.9 Å². The molecule has 0 unspecified atom stereocenters. The van der Waals surface area contributed by atoms with Gasteiger partial charge in [0.1, 0.15) is 0 Å². The average molecular weight is 341 g/mol. The summed E-state index contributed by atoms with van der Waals surface area (Å²) >= 11 is 1.55. The molecule has 6 nitrogen and oxygen atoms in total. The number of thiazole rings is 1. The number of pyridine rings is 1. The van der Waals surface area contributed by atoms with E-state index < -0.39 is 0 Å². The summed E-state index contributed by atoms with van der Waals surface area (Å²) in [7, 11) is 0. The van der Waals surface area contributed by atoms with Crippen molar-refractivity contribution in [3.8, 4) is 6.07 Å². The summed E-state index contributed by atoms with van der Waals surface area (Å²) in [5.41, 5.74) is 0.850. The first-order valence-electron chi connectivity index (χ1n) is 8.36. The first-order valence-corrected chi connectivity index (χ1v) is 9.18. The van der Waals surface area contributed by atoms with Gasteiger partial charge in [0.25, 0.3) is 0 Å². The van der Waals surface area contributed by atoms with E-state index >= 15 is 0 Å². The molecular weight excluding hydrogens is 322 g/mol. The van der Waals surface area contributed by atoms with Crippen LogP contribution in [0, 0.1) is 29.1 Å². The van der Waals surface area contributed by atoms with E-state index in [9.17, 15) is 4.79 Å². The van der Waals surface area contributed by atoms with Crippen LogP contribution in [0.3, 0.4) is 0 Å². The number of hydrogen-bond donors (Lipinski definition) is 1. The maximum atomic E-state index is 12.2. The highest BCUT2D eigenvalue weighted by atomic mass is 32.1. The SMILES string of the molecule is C[C@H]1C[C@@H]1C(=O)Nc1nccc2nc(N3CCC[C@H](C#N)C3)sc12. The van der Waals surface area contributed by atoms with Crippen LogP contribution in [-0.4, -0.2) is 29.0 Å². The molecule has 2 fully saturated rings. The summed E-state index contributed by atoms with van der Waals surface area (Å²) in [6.07, 6.45) is 4.61. The molecule has 0 radical (unpaired) electrons. The number of fused-ring (bicyclic) bond motifs is 1. The number of aromatic nitrogens is 2. The van der Waals surface area contributed by atoms with Crippen molar-refractivity contribution in [2.45, 2.75) is 26.2 Å². The molecule has 3 atom stereocenters. The number of piperidine rings is 1. The molecule has 2 aromatic heterocycles. The van der Waals surface area contributed by atoms with Crippen LogP contribution in [0.15, 0.2) is 12.3 Å². The Bertz CT molecular complexity index is 826. The van der Waals surface area contributed by atoms with Crippen molar-refractivity contribution >= 4 is 38.4 Å². The van der Waals surface area contributed by atoms with Gasteiger partial charge in [-0.2, -0.15) is 5.26 Å². The second kappa shape index (κ2) is 6.02. The van der Waals surface area contributed by atoms with Gasteiger partial charge in [0.2, 0.25) is 5.91 Å². The number of carbonyl (C=O) groups is 1. The third-order valence-corrected chi connectivity index (χ3v) is 5.99. The molecule has 2 aliphatic rings. The normalized spacial score (nSPS) is 26.2. The van der Waals surface area contributed by atoms with E-state index in [1.54, 1.807) is 17.5 Å². The summed E-state index contributed by atoms with van der Waals surface area (Å²) in [4.78, 5) is 23.4.